The van der Waals surface area contributed by atoms with E-state index in [1.54, 1.807) is 18.4 Å². The number of hydrogen-bond acceptors (Lipinski definition) is 4. The van der Waals surface area contributed by atoms with Crippen LogP contribution in [0.4, 0.5) is 5.69 Å². The molecular formula is C21H24N2O2S. The lowest BCUT2D eigenvalue weighted by Crippen LogP contribution is -2.18. The van der Waals surface area contributed by atoms with Gasteiger partial charge in [-0.15, -0.1) is 11.3 Å². The molecule has 2 aromatic carbocycles. The zero-order valence-electron chi connectivity index (χ0n) is 15.4. The van der Waals surface area contributed by atoms with Crippen molar-refractivity contribution >= 4 is 17.0 Å². The number of aryl methyl sites for hydroxylation is 1. The molecule has 26 heavy (non-hydrogen) atoms. The van der Waals surface area contributed by atoms with Gasteiger partial charge in [-0.25, -0.2) is 4.99 Å². The van der Waals surface area contributed by atoms with Gasteiger partial charge in [0, 0.05) is 19.0 Å². The summed E-state index contributed by atoms with van der Waals surface area (Å²) in [6.07, 6.45) is 0. The van der Waals surface area contributed by atoms with E-state index < -0.39 is 0 Å². The second-order valence-corrected chi connectivity index (χ2v) is 6.79. The second-order valence-electron chi connectivity index (χ2n) is 5.95. The van der Waals surface area contributed by atoms with E-state index in [-0.39, 0.29) is 0 Å². The van der Waals surface area contributed by atoms with Crippen LogP contribution < -0.4 is 9.54 Å². The van der Waals surface area contributed by atoms with E-state index in [0.717, 1.165) is 28.5 Å². The van der Waals surface area contributed by atoms with Gasteiger partial charge in [0.1, 0.15) is 5.75 Å². The van der Waals surface area contributed by atoms with Crippen LogP contribution in [0.15, 0.2) is 58.9 Å². The molecule has 0 amide bonds. The highest BCUT2D eigenvalue weighted by molar-refractivity contribution is 7.07. The highest BCUT2D eigenvalue weighted by Gasteiger charge is 2.08. The molecule has 0 saturated carbocycles. The van der Waals surface area contributed by atoms with Gasteiger partial charge in [-0.1, -0.05) is 29.8 Å². The summed E-state index contributed by atoms with van der Waals surface area (Å²) in [5, 5.41) is 2.16. The van der Waals surface area contributed by atoms with Crippen LogP contribution in [-0.2, 0) is 11.3 Å². The lowest BCUT2D eigenvalue weighted by molar-refractivity contribution is 0.187. The van der Waals surface area contributed by atoms with E-state index in [0.29, 0.717) is 13.2 Å². The SMILES string of the molecule is CCOc1ccc(N=c2scc(-c3ccc(C)cc3)n2CCOC)cc1. The Morgan fingerprint density at radius 1 is 1.04 bits per heavy atom. The Hall–Kier alpha value is -2.37. The van der Waals surface area contributed by atoms with Gasteiger partial charge in [0.15, 0.2) is 4.80 Å². The summed E-state index contributed by atoms with van der Waals surface area (Å²) in [6.45, 7) is 6.15. The molecule has 0 atom stereocenters. The minimum Gasteiger partial charge on any atom is -0.494 e. The van der Waals surface area contributed by atoms with E-state index in [4.69, 9.17) is 14.5 Å². The molecule has 0 bridgehead atoms. The van der Waals surface area contributed by atoms with Crippen LogP contribution in [-0.4, -0.2) is 24.9 Å². The fourth-order valence-electron chi connectivity index (χ4n) is 2.67. The molecule has 0 fully saturated rings. The normalized spacial score (nSPS) is 11.7. The van der Waals surface area contributed by atoms with Crippen molar-refractivity contribution in [2.24, 2.45) is 4.99 Å². The second kappa shape index (κ2) is 8.83. The summed E-state index contributed by atoms with van der Waals surface area (Å²) in [5.41, 5.74) is 4.52. The number of aromatic nitrogens is 1. The molecule has 4 nitrogen and oxygen atoms in total. The standard InChI is InChI=1S/C21H24N2O2S/c1-4-25-19-11-9-18(10-12-19)22-21-23(13-14-24-3)20(15-26-21)17-7-5-16(2)6-8-17/h5-12,15H,4,13-14H2,1-3H3. The maximum Gasteiger partial charge on any atom is 0.190 e. The van der Waals surface area contributed by atoms with E-state index in [9.17, 15) is 0 Å². The number of hydrogen-bond donors (Lipinski definition) is 0. The van der Waals surface area contributed by atoms with Crippen LogP contribution in [0, 0.1) is 6.92 Å². The van der Waals surface area contributed by atoms with Crippen molar-refractivity contribution in [1.29, 1.82) is 0 Å². The summed E-state index contributed by atoms with van der Waals surface area (Å²) in [4.78, 5) is 5.79. The molecule has 0 saturated heterocycles. The highest BCUT2D eigenvalue weighted by atomic mass is 32.1. The van der Waals surface area contributed by atoms with E-state index in [1.807, 2.05) is 31.2 Å². The molecule has 3 rings (SSSR count). The lowest BCUT2D eigenvalue weighted by atomic mass is 10.1. The van der Waals surface area contributed by atoms with Gasteiger partial charge >= 0.3 is 0 Å². The zero-order valence-corrected chi connectivity index (χ0v) is 16.3. The summed E-state index contributed by atoms with van der Waals surface area (Å²) in [5.74, 6) is 0.866. The van der Waals surface area contributed by atoms with Gasteiger partial charge < -0.3 is 14.0 Å². The predicted octanol–water partition coefficient (Wildman–Crippen LogP) is 4.80. The number of nitrogens with zero attached hydrogens (tertiary/aromatic N) is 2. The minimum atomic E-state index is 0.645. The average Bonchev–Trinajstić information content (AvgIpc) is 3.05. The first-order valence-corrected chi connectivity index (χ1v) is 9.61. The Bertz CT molecular complexity index is 893. The molecule has 0 radical (unpaired) electrons. The fourth-order valence-corrected chi connectivity index (χ4v) is 3.62. The molecule has 0 aliphatic carbocycles. The maximum absolute atomic E-state index is 5.50. The maximum atomic E-state index is 5.50. The third-order valence-electron chi connectivity index (χ3n) is 4.04. The third-order valence-corrected chi connectivity index (χ3v) is 4.90. The van der Waals surface area contributed by atoms with Crippen molar-refractivity contribution in [1.82, 2.24) is 4.57 Å². The van der Waals surface area contributed by atoms with Crippen molar-refractivity contribution in [2.45, 2.75) is 20.4 Å². The summed E-state index contributed by atoms with van der Waals surface area (Å²) >= 11 is 1.64. The predicted molar refractivity (Wildman–Crippen MR) is 107 cm³/mol. The number of thiazole rings is 1. The number of rotatable bonds is 7. The molecule has 0 spiro atoms. The van der Waals surface area contributed by atoms with Gasteiger partial charge in [-0.2, -0.15) is 0 Å². The Morgan fingerprint density at radius 3 is 2.42 bits per heavy atom. The van der Waals surface area contributed by atoms with Crippen LogP contribution in [0.1, 0.15) is 12.5 Å². The van der Waals surface area contributed by atoms with Gasteiger partial charge in [0.05, 0.1) is 24.6 Å². The first-order valence-electron chi connectivity index (χ1n) is 8.73. The smallest absolute Gasteiger partial charge is 0.190 e. The summed E-state index contributed by atoms with van der Waals surface area (Å²) in [7, 11) is 1.72. The first-order chi connectivity index (χ1) is 12.7. The Labute approximate surface area is 158 Å². The van der Waals surface area contributed by atoms with E-state index in [2.05, 4.69) is 41.1 Å². The van der Waals surface area contributed by atoms with Gasteiger partial charge in [0.25, 0.3) is 0 Å². The Morgan fingerprint density at radius 2 is 1.77 bits per heavy atom. The van der Waals surface area contributed by atoms with Gasteiger partial charge in [-0.05, 0) is 43.7 Å². The van der Waals surface area contributed by atoms with Crippen LogP contribution >= 0.6 is 11.3 Å². The molecule has 1 aromatic heterocycles. The summed E-state index contributed by atoms with van der Waals surface area (Å²) in [6, 6.07) is 16.5. The van der Waals surface area contributed by atoms with Crippen molar-refractivity contribution in [2.75, 3.05) is 20.3 Å². The van der Waals surface area contributed by atoms with Crippen molar-refractivity contribution in [3.63, 3.8) is 0 Å². The molecule has 1 heterocycles. The molecule has 136 valence electrons. The van der Waals surface area contributed by atoms with Crippen molar-refractivity contribution < 1.29 is 9.47 Å². The third kappa shape index (κ3) is 4.42. The van der Waals surface area contributed by atoms with Crippen LogP contribution in [0.2, 0.25) is 0 Å². The largest absolute Gasteiger partial charge is 0.494 e. The lowest BCUT2D eigenvalue weighted by Gasteiger charge is -2.09. The zero-order chi connectivity index (χ0) is 18.4. The monoisotopic (exact) mass is 368 g/mol. The Kier molecular flexibility index (Phi) is 6.26. The van der Waals surface area contributed by atoms with Gasteiger partial charge in [-0.3, -0.25) is 0 Å². The molecule has 0 aliphatic heterocycles. The van der Waals surface area contributed by atoms with Crippen LogP contribution in [0.3, 0.4) is 0 Å². The molecular weight excluding hydrogens is 344 g/mol. The molecule has 0 unspecified atom stereocenters. The van der Waals surface area contributed by atoms with E-state index in [1.165, 1.54) is 11.1 Å². The van der Waals surface area contributed by atoms with Crippen LogP contribution in [0.5, 0.6) is 5.75 Å². The molecule has 3 aromatic rings. The van der Waals surface area contributed by atoms with Crippen molar-refractivity contribution in [3.8, 4) is 17.0 Å². The molecule has 0 N–H and O–H groups in total. The Balaban J connectivity index is 1.99. The topological polar surface area (TPSA) is 35.8 Å². The average molecular weight is 369 g/mol. The van der Waals surface area contributed by atoms with Gasteiger partial charge in [0.2, 0.25) is 0 Å². The summed E-state index contributed by atoms with van der Waals surface area (Å²) < 4.78 is 13.0. The number of ether oxygens (including phenoxy) is 2. The molecule has 5 heteroatoms. The first kappa shape index (κ1) is 18.4. The van der Waals surface area contributed by atoms with E-state index >= 15 is 0 Å². The quantitative estimate of drug-likeness (QED) is 0.600. The van der Waals surface area contributed by atoms with Crippen molar-refractivity contribution in [3.05, 3.63) is 64.3 Å². The number of benzene rings is 2. The highest BCUT2D eigenvalue weighted by Crippen LogP contribution is 2.22. The fraction of sp³-hybridized carbons (Fsp3) is 0.286. The minimum absolute atomic E-state index is 0.645. The number of methoxy groups -OCH3 is 1. The molecule has 0 aliphatic rings. The van der Waals surface area contributed by atoms with Crippen LogP contribution in [0.25, 0.3) is 11.3 Å².